The van der Waals surface area contributed by atoms with Gasteiger partial charge < -0.3 is 0 Å². The summed E-state index contributed by atoms with van der Waals surface area (Å²) in [5.74, 6) is 0.330. The van der Waals surface area contributed by atoms with E-state index < -0.39 is 10.0 Å². The average molecular weight is 347 g/mol. The molecule has 0 aliphatic heterocycles. The second-order valence-corrected chi connectivity index (χ2v) is 8.05. The number of nitrogens with zero attached hydrogens (tertiary/aromatic N) is 1. The van der Waals surface area contributed by atoms with E-state index in [-0.39, 0.29) is 0 Å². The first-order valence-corrected chi connectivity index (χ1v) is 8.32. The summed E-state index contributed by atoms with van der Waals surface area (Å²) in [6.45, 7) is 2.46. The minimum Gasteiger partial charge on any atom is -0.207 e. The summed E-state index contributed by atoms with van der Waals surface area (Å²) in [6, 6.07) is 1.63. The molecule has 0 spiro atoms. The van der Waals surface area contributed by atoms with E-state index in [0.717, 1.165) is 11.3 Å². The zero-order chi connectivity index (χ0) is 12.3. The fourth-order valence-electron chi connectivity index (χ4n) is 1.24. The van der Waals surface area contributed by atoms with Crippen molar-refractivity contribution < 1.29 is 8.42 Å². The molecule has 1 aromatic heterocycles. The Balaban J connectivity index is 3.11. The Kier molecular flexibility index (Phi) is 5.25. The SMILES string of the molecule is CCCN(C)S(=O)(=O)c1cc(CCl)sc1Br. The number of rotatable bonds is 5. The summed E-state index contributed by atoms with van der Waals surface area (Å²) in [6.07, 6.45) is 0.792. The number of thiophene rings is 1. The lowest BCUT2D eigenvalue weighted by molar-refractivity contribution is 0.468. The Hall–Kier alpha value is 0.380. The molecule has 0 amide bonds. The molecule has 0 bridgehead atoms. The topological polar surface area (TPSA) is 37.4 Å². The first-order chi connectivity index (χ1) is 7.43. The Labute approximate surface area is 114 Å². The maximum Gasteiger partial charge on any atom is 0.244 e. The van der Waals surface area contributed by atoms with Crippen LogP contribution in [0.1, 0.15) is 18.2 Å². The molecule has 0 radical (unpaired) electrons. The summed E-state index contributed by atoms with van der Waals surface area (Å²) < 4.78 is 26.2. The van der Waals surface area contributed by atoms with Crippen LogP contribution in [0.2, 0.25) is 0 Å². The molecule has 7 heteroatoms. The third-order valence-corrected chi connectivity index (χ3v) is 6.62. The summed E-state index contributed by atoms with van der Waals surface area (Å²) in [7, 11) is -1.80. The average Bonchev–Trinajstić information content (AvgIpc) is 2.60. The minimum atomic E-state index is -3.38. The van der Waals surface area contributed by atoms with Crippen molar-refractivity contribution in [1.82, 2.24) is 4.31 Å². The Morgan fingerprint density at radius 2 is 2.19 bits per heavy atom. The zero-order valence-electron chi connectivity index (χ0n) is 9.03. The van der Waals surface area contributed by atoms with Gasteiger partial charge in [-0.2, -0.15) is 0 Å². The van der Waals surface area contributed by atoms with Gasteiger partial charge in [-0.15, -0.1) is 22.9 Å². The molecule has 0 saturated heterocycles. The second-order valence-electron chi connectivity index (χ2n) is 3.31. The van der Waals surface area contributed by atoms with Crippen LogP contribution in [-0.4, -0.2) is 26.3 Å². The standard InChI is InChI=1S/C9H13BrClNO2S2/c1-3-4-12(2)16(13,14)8-5-7(6-11)15-9(8)10/h5H,3-4,6H2,1-2H3. The van der Waals surface area contributed by atoms with Crippen LogP contribution in [0.5, 0.6) is 0 Å². The first-order valence-electron chi connectivity index (χ1n) is 4.74. The molecule has 1 heterocycles. The second kappa shape index (κ2) is 5.82. The lowest BCUT2D eigenvalue weighted by Crippen LogP contribution is -2.27. The third kappa shape index (κ3) is 2.98. The van der Waals surface area contributed by atoms with Gasteiger partial charge in [-0.05, 0) is 28.4 Å². The summed E-state index contributed by atoms with van der Waals surface area (Å²) >= 11 is 10.3. The van der Waals surface area contributed by atoms with E-state index in [1.807, 2.05) is 6.92 Å². The van der Waals surface area contributed by atoms with Crippen LogP contribution in [0.25, 0.3) is 0 Å². The molecule has 0 aliphatic rings. The summed E-state index contributed by atoms with van der Waals surface area (Å²) in [5, 5.41) is 0. The molecular formula is C9H13BrClNO2S2. The van der Waals surface area contributed by atoms with Gasteiger partial charge >= 0.3 is 0 Å². The van der Waals surface area contributed by atoms with E-state index in [4.69, 9.17) is 11.6 Å². The fraction of sp³-hybridized carbons (Fsp3) is 0.556. The molecule has 0 fully saturated rings. The van der Waals surface area contributed by atoms with E-state index in [1.165, 1.54) is 15.6 Å². The smallest absolute Gasteiger partial charge is 0.207 e. The molecule has 92 valence electrons. The van der Waals surface area contributed by atoms with Gasteiger partial charge in [-0.3, -0.25) is 0 Å². The highest BCUT2D eigenvalue weighted by molar-refractivity contribution is 9.11. The summed E-state index contributed by atoms with van der Waals surface area (Å²) in [5.41, 5.74) is 0. The van der Waals surface area contributed by atoms with Gasteiger partial charge in [0.2, 0.25) is 10.0 Å². The monoisotopic (exact) mass is 345 g/mol. The van der Waals surface area contributed by atoms with Gasteiger partial charge in [0.1, 0.15) is 4.90 Å². The van der Waals surface area contributed by atoms with Crippen LogP contribution in [0.4, 0.5) is 0 Å². The number of alkyl halides is 1. The molecule has 0 aliphatic carbocycles. The predicted octanol–water partition coefficient (Wildman–Crippen LogP) is 3.28. The zero-order valence-corrected chi connectivity index (χ0v) is 13.0. The molecule has 0 unspecified atom stereocenters. The molecular weight excluding hydrogens is 334 g/mol. The minimum absolute atomic E-state index is 0.309. The highest BCUT2D eigenvalue weighted by Gasteiger charge is 2.24. The van der Waals surface area contributed by atoms with Crippen LogP contribution >= 0.6 is 38.9 Å². The maximum absolute atomic E-state index is 12.1. The van der Waals surface area contributed by atoms with Crippen LogP contribution < -0.4 is 0 Å². The highest BCUT2D eigenvalue weighted by Crippen LogP contribution is 2.33. The molecule has 0 aromatic carbocycles. The van der Waals surface area contributed by atoms with Crippen molar-refractivity contribution in [3.8, 4) is 0 Å². The van der Waals surface area contributed by atoms with E-state index in [0.29, 0.717) is 21.1 Å². The van der Waals surface area contributed by atoms with Crippen LogP contribution in [-0.2, 0) is 15.9 Å². The van der Waals surface area contributed by atoms with Crippen molar-refractivity contribution in [1.29, 1.82) is 0 Å². The van der Waals surface area contributed by atoms with Gasteiger partial charge in [0.15, 0.2) is 0 Å². The van der Waals surface area contributed by atoms with Crippen LogP contribution in [0.3, 0.4) is 0 Å². The van der Waals surface area contributed by atoms with E-state index in [9.17, 15) is 8.42 Å². The van der Waals surface area contributed by atoms with Gasteiger partial charge in [0, 0.05) is 18.5 Å². The molecule has 3 nitrogen and oxygen atoms in total. The van der Waals surface area contributed by atoms with Crippen molar-refractivity contribution in [3.63, 3.8) is 0 Å². The molecule has 1 rings (SSSR count). The lowest BCUT2D eigenvalue weighted by atomic mass is 10.5. The van der Waals surface area contributed by atoms with Gasteiger partial charge in [0.25, 0.3) is 0 Å². The molecule has 0 N–H and O–H groups in total. The number of sulfonamides is 1. The van der Waals surface area contributed by atoms with Gasteiger partial charge in [-0.1, -0.05) is 6.92 Å². The van der Waals surface area contributed by atoms with Crippen LogP contribution in [0, 0.1) is 0 Å². The van der Waals surface area contributed by atoms with Crippen molar-refractivity contribution in [2.45, 2.75) is 24.1 Å². The van der Waals surface area contributed by atoms with E-state index in [1.54, 1.807) is 13.1 Å². The Bertz CT molecular complexity index is 458. The molecule has 1 aromatic rings. The number of hydrogen-bond donors (Lipinski definition) is 0. The largest absolute Gasteiger partial charge is 0.244 e. The molecule has 0 atom stereocenters. The predicted molar refractivity (Wildman–Crippen MR) is 71.7 cm³/mol. The summed E-state index contributed by atoms with van der Waals surface area (Å²) in [4.78, 5) is 1.15. The van der Waals surface area contributed by atoms with Crippen LogP contribution in [0.15, 0.2) is 14.7 Å². The van der Waals surface area contributed by atoms with E-state index >= 15 is 0 Å². The molecule has 0 saturated carbocycles. The van der Waals surface area contributed by atoms with Gasteiger partial charge in [0.05, 0.1) is 9.67 Å². The normalized spacial score (nSPS) is 12.3. The Morgan fingerprint density at radius 1 is 1.56 bits per heavy atom. The van der Waals surface area contributed by atoms with E-state index in [2.05, 4.69) is 15.9 Å². The Morgan fingerprint density at radius 3 is 2.62 bits per heavy atom. The highest BCUT2D eigenvalue weighted by atomic mass is 79.9. The van der Waals surface area contributed by atoms with Crippen molar-refractivity contribution in [3.05, 3.63) is 14.7 Å². The quantitative estimate of drug-likeness (QED) is 0.767. The van der Waals surface area contributed by atoms with Crippen molar-refractivity contribution in [2.24, 2.45) is 0 Å². The van der Waals surface area contributed by atoms with Crippen molar-refractivity contribution >= 4 is 48.9 Å². The fourth-order valence-corrected chi connectivity index (χ4v) is 5.22. The molecule has 16 heavy (non-hydrogen) atoms. The van der Waals surface area contributed by atoms with Crippen molar-refractivity contribution in [2.75, 3.05) is 13.6 Å². The third-order valence-electron chi connectivity index (χ3n) is 2.06. The number of halogens is 2. The number of hydrogen-bond acceptors (Lipinski definition) is 3. The maximum atomic E-state index is 12.1. The lowest BCUT2D eigenvalue weighted by Gasteiger charge is -2.15. The first kappa shape index (κ1) is 14.4. The van der Waals surface area contributed by atoms with Gasteiger partial charge in [-0.25, -0.2) is 12.7 Å².